The van der Waals surface area contributed by atoms with E-state index in [0.717, 1.165) is 10.9 Å². The topological polar surface area (TPSA) is 68.0 Å². The molecule has 1 amide bonds. The van der Waals surface area contributed by atoms with Crippen LogP contribution >= 0.6 is 0 Å². The average Bonchev–Trinajstić information content (AvgIpc) is 2.46. The lowest BCUT2D eigenvalue weighted by Gasteiger charge is -2.08. The van der Waals surface area contributed by atoms with E-state index in [4.69, 9.17) is 5.73 Å². The SMILES string of the molecule is Nc1cccc(NC(=O)c2cccc3ncccc23)c1. The highest BCUT2D eigenvalue weighted by molar-refractivity contribution is 6.12. The van der Waals surface area contributed by atoms with Gasteiger partial charge in [0.1, 0.15) is 0 Å². The Labute approximate surface area is 116 Å². The minimum absolute atomic E-state index is 0.172. The molecule has 4 nitrogen and oxygen atoms in total. The molecule has 0 saturated carbocycles. The molecule has 3 rings (SSSR count). The average molecular weight is 263 g/mol. The van der Waals surface area contributed by atoms with Gasteiger partial charge in [0, 0.05) is 28.5 Å². The van der Waals surface area contributed by atoms with Gasteiger partial charge < -0.3 is 11.1 Å². The Bertz CT molecular complexity index is 778. The lowest BCUT2D eigenvalue weighted by Crippen LogP contribution is -2.12. The van der Waals surface area contributed by atoms with E-state index in [2.05, 4.69) is 10.3 Å². The Hall–Kier alpha value is -2.88. The van der Waals surface area contributed by atoms with Crippen LogP contribution in [0.25, 0.3) is 10.9 Å². The lowest BCUT2D eigenvalue weighted by atomic mass is 10.1. The number of nitrogens with two attached hydrogens (primary N) is 1. The Morgan fingerprint density at radius 3 is 2.75 bits per heavy atom. The van der Waals surface area contributed by atoms with Gasteiger partial charge in [-0.3, -0.25) is 9.78 Å². The number of anilines is 2. The summed E-state index contributed by atoms with van der Waals surface area (Å²) in [6, 6.07) is 16.3. The molecule has 0 radical (unpaired) electrons. The number of nitrogens with one attached hydrogen (secondary N) is 1. The quantitative estimate of drug-likeness (QED) is 0.698. The van der Waals surface area contributed by atoms with Gasteiger partial charge in [-0.25, -0.2) is 0 Å². The minimum Gasteiger partial charge on any atom is -0.399 e. The highest BCUT2D eigenvalue weighted by Gasteiger charge is 2.10. The number of rotatable bonds is 2. The number of carbonyl (C=O) groups excluding carboxylic acids is 1. The molecule has 4 heteroatoms. The maximum absolute atomic E-state index is 12.4. The first kappa shape index (κ1) is 12.2. The van der Waals surface area contributed by atoms with Crippen molar-refractivity contribution in [3.8, 4) is 0 Å². The molecule has 0 aliphatic carbocycles. The molecule has 0 aliphatic heterocycles. The summed E-state index contributed by atoms with van der Waals surface area (Å²) >= 11 is 0. The normalized spacial score (nSPS) is 10.4. The van der Waals surface area contributed by atoms with Crippen LogP contribution in [0.3, 0.4) is 0 Å². The van der Waals surface area contributed by atoms with Crippen molar-refractivity contribution in [1.82, 2.24) is 4.98 Å². The second-order valence-electron chi connectivity index (χ2n) is 4.46. The van der Waals surface area contributed by atoms with Gasteiger partial charge in [0.25, 0.3) is 5.91 Å². The van der Waals surface area contributed by atoms with E-state index in [9.17, 15) is 4.79 Å². The summed E-state index contributed by atoms with van der Waals surface area (Å²) in [5, 5.41) is 3.67. The zero-order chi connectivity index (χ0) is 13.9. The molecule has 0 atom stereocenters. The van der Waals surface area contributed by atoms with Crippen molar-refractivity contribution in [2.75, 3.05) is 11.1 Å². The number of pyridine rings is 1. The van der Waals surface area contributed by atoms with Crippen molar-refractivity contribution in [2.45, 2.75) is 0 Å². The van der Waals surface area contributed by atoms with Crippen molar-refractivity contribution in [3.05, 3.63) is 66.4 Å². The summed E-state index contributed by atoms with van der Waals surface area (Å²) in [7, 11) is 0. The van der Waals surface area contributed by atoms with Gasteiger partial charge in [0.2, 0.25) is 0 Å². The predicted octanol–water partition coefficient (Wildman–Crippen LogP) is 3.07. The second kappa shape index (κ2) is 5.01. The molecule has 0 bridgehead atoms. The van der Waals surface area contributed by atoms with Gasteiger partial charge in [0.05, 0.1) is 5.52 Å². The van der Waals surface area contributed by atoms with Gasteiger partial charge >= 0.3 is 0 Å². The van der Waals surface area contributed by atoms with Gasteiger partial charge in [-0.1, -0.05) is 18.2 Å². The summed E-state index contributed by atoms with van der Waals surface area (Å²) in [6.07, 6.45) is 1.71. The Kier molecular flexibility index (Phi) is 3.05. The van der Waals surface area contributed by atoms with Crippen molar-refractivity contribution in [3.63, 3.8) is 0 Å². The van der Waals surface area contributed by atoms with E-state index in [1.165, 1.54) is 0 Å². The fourth-order valence-corrected chi connectivity index (χ4v) is 2.12. The van der Waals surface area contributed by atoms with Crippen molar-refractivity contribution < 1.29 is 4.79 Å². The number of nitrogen functional groups attached to an aromatic ring is 1. The van der Waals surface area contributed by atoms with Gasteiger partial charge in [-0.05, 0) is 36.4 Å². The number of aromatic nitrogens is 1. The fraction of sp³-hybridized carbons (Fsp3) is 0. The number of carbonyl (C=O) groups is 1. The summed E-state index contributed by atoms with van der Waals surface area (Å²) in [5.74, 6) is -0.172. The molecule has 0 aliphatic rings. The molecule has 98 valence electrons. The first-order valence-corrected chi connectivity index (χ1v) is 6.25. The monoisotopic (exact) mass is 263 g/mol. The third-order valence-corrected chi connectivity index (χ3v) is 3.03. The summed E-state index contributed by atoms with van der Waals surface area (Å²) in [5.41, 5.74) is 8.39. The van der Waals surface area contributed by atoms with Gasteiger partial charge in [-0.15, -0.1) is 0 Å². The standard InChI is InChI=1S/C16H13N3O/c17-11-4-1-5-12(10-11)19-16(20)14-6-2-8-15-13(14)7-3-9-18-15/h1-10H,17H2,(H,19,20). The van der Waals surface area contributed by atoms with Crippen LogP contribution in [0.4, 0.5) is 11.4 Å². The second-order valence-corrected chi connectivity index (χ2v) is 4.46. The third-order valence-electron chi connectivity index (χ3n) is 3.03. The summed E-state index contributed by atoms with van der Waals surface area (Å²) < 4.78 is 0. The van der Waals surface area contributed by atoms with E-state index in [0.29, 0.717) is 16.9 Å². The number of benzene rings is 2. The largest absolute Gasteiger partial charge is 0.399 e. The van der Waals surface area contributed by atoms with Gasteiger partial charge in [-0.2, -0.15) is 0 Å². The summed E-state index contributed by atoms with van der Waals surface area (Å²) in [4.78, 5) is 16.6. The minimum atomic E-state index is -0.172. The lowest BCUT2D eigenvalue weighted by molar-refractivity contribution is 0.102. The first-order chi connectivity index (χ1) is 9.74. The van der Waals surface area contributed by atoms with E-state index < -0.39 is 0 Å². The Morgan fingerprint density at radius 2 is 1.90 bits per heavy atom. The zero-order valence-corrected chi connectivity index (χ0v) is 10.7. The summed E-state index contributed by atoms with van der Waals surface area (Å²) in [6.45, 7) is 0. The molecular weight excluding hydrogens is 250 g/mol. The Morgan fingerprint density at radius 1 is 1.05 bits per heavy atom. The van der Waals surface area contributed by atoms with Crippen LogP contribution in [0.5, 0.6) is 0 Å². The smallest absolute Gasteiger partial charge is 0.256 e. The molecule has 0 saturated heterocycles. The number of amides is 1. The number of fused-ring (bicyclic) bond motifs is 1. The molecule has 3 N–H and O–H groups in total. The first-order valence-electron chi connectivity index (χ1n) is 6.25. The van der Waals surface area contributed by atoms with Gasteiger partial charge in [0.15, 0.2) is 0 Å². The molecule has 0 spiro atoms. The van der Waals surface area contributed by atoms with Crippen molar-refractivity contribution in [1.29, 1.82) is 0 Å². The zero-order valence-electron chi connectivity index (χ0n) is 10.7. The van der Waals surface area contributed by atoms with Crippen LogP contribution < -0.4 is 11.1 Å². The van der Waals surface area contributed by atoms with Crippen molar-refractivity contribution >= 4 is 28.2 Å². The maximum Gasteiger partial charge on any atom is 0.256 e. The highest BCUT2D eigenvalue weighted by atomic mass is 16.1. The maximum atomic E-state index is 12.4. The van der Waals surface area contributed by atoms with Crippen LogP contribution in [0.1, 0.15) is 10.4 Å². The van der Waals surface area contributed by atoms with Crippen molar-refractivity contribution in [2.24, 2.45) is 0 Å². The molecule has 1 heterocycles. The molecule has 2 aromatic carbocycles. The van der Waals surface area contributed by atoms with Crippen LogP contribution in [0.15, 0.2) is 60.8 Å². The molecular formula is C16H13N3O. The predicted molar refractivity (Wildman–Crippen MR) is 80.6 cm³/mol. The fourth-order valence-electron chi connectivity index (χ4n) is 2.12. The highest BCUT2D eigenvalue weighted by Crippen LogP contribution is 2.19. The van der Waals surface area contributed by atoms with Crippen LogP contribution in [0.2, 0.25) is 0 Å². The van der Waals surface area contributed by atoms with Crippen LogP contribution in [-0.4, -0.2) is 10.9 Å². The molecule has 0 fully saturated rings. The van der Waals surface area contributed by atoms with Crippen LogP contribution in [-0.2, 0) is 0 Å². The number of hydrogen-bond donors (Lipinski definition) is 2. The van der Waals surface area contributed by atoms with Crippen LogP contribution in [0, 0.1) is 0 Å². The molecule has 20 heavy (non-hydrogen) atoms. The molecule has 0 unspecified atom stereocenters. The number of nitrogens with zero attached hydrogens (tertiary/aromatic N) is 1. The van der Waals surface area contributed by atoms with E-state index in [1.807, 2.05) is 24.3 Å². The Balaban J connectivity index is 1.97. The molecule has 1 aromatic heterocycles. The van der Waals surface area contributed by atoms with E-state index >= 15 is 0 Å². The molecule has 3 aromatic rings. The van der Waals surface area contributed by atoms with E-state index in [1.54, 1.807) is 36.5 Å². The van der Waals surface area contributed by atoms with E-state index in [-0.39, 0.29) is 5.91 Å². The third kappa shape index (κ3) is 2.31. The number of hydrogen-bond acceptors (Lipinski definition) is 3.